The monoisotopic (exact) mass is 356 g/mol. The summed E-state index contributed by atoms with van der Waals surface area (Å²) in [7, 11) is 0. The number of aromatic nitrogens is 1. The fourth-order valence-electron chi connectivity index (χ4n) is 3.13. The summed E-state index contributed by atoms with van der Waals surface area (Å²) in [5.74, 6) is 0.819. The maximum absolute atomic E-state index is 13.5. The maximum atomic E-state index is 13.5. The third kappa shape index (κ3) is 5.26. The molecule has 1 aliphatic heterocycles. The molecule has 3 rings (SSSR count). The van der Waals surface area contributed by atoms with Crippen LogP contribution >= 0.6 is 0 Å². The number of hydrogen-bond acceptors (Lipinski definition) is 4. The zero-order chi connectivity index (χ0) is 18.2. The highest BCUT2D eigenvalue weighted by Crippen LogP contribution is 2.12. The van der Waals surface area contributed by atoms with E-state index >= 15 is 0 Å². The molecule has 0 spiro atoms. The van der Waals surface area contributed by atoms with Crippen LogP contribution in [0.1, 0.15) is 12.0 Å². The maximum Gasteiger partial charge on any atom is 0.221 e. The van der Waals surface area contributed by atoms with E-state index < -0.39 is 0 Å². The van der Waals surface area contributed by atoms with Gasteiger partial charge in [0.25, 0.3) is 0 Å². The van der Waals surface area contributed by atoms with Gasteiger partial charge < -0.3 is 10.2 Å². The van der Waals surface area contributed by atoms with E-state index in [1.165, 1.54) is 6.07 Å². The fraction of sp³-hybridized carbons (Fsp3) is 0.400. The van der Waals surface area contributed by atoms with Crippen LogP contribution in [0.15, 0.2) is 48.7 Å². The molecule has 2 aromatic rings. The Kier molecular flexibility index (Phi) is 6.55. The number of anilines is 1. The third-order valence-electron chi connectivity index (χ3n) is 4.68. The van der Waals surface area contributed by atoms with E-state index in [9.17, 15) is 9.18 Å². The summed E-state index contributed by atoms with van der Waals surface area (Å²) in [6.45, 7) is 4.92. The van der Waals surface area contributed by atoms with Crippen molar-refractivity contribution in [3.63, 3.8) is 0 Å². The molecule has 1 amide bonds. The van der Waals surface area contributed by atoms with Crippen LogP contribution < -0.4 is 10.2 Å². The molecule has 6 heteroatoms. The summed E-state index contributed by atoms with van der Waals surface area (Å²) in [6.07, 6.45) is 2.80. The van der Waals surface area contributed by atoms with E-state index in [4.69, 9.17) is 0 Å². The first-order valence-corrected chi connectivity index (χ1v) is 9.11. The van der Waals surface area contributed by atoms with E-state index in [0.717, 1.165) is 38.5 Å². The standard InChI is InChI=1S/C20H25FN4O/c21-18-6-2-1-5-17(18)8-11-23-20(26)9-12-24-13-15-25(16-14-24)19-7-3-4-10-22-19/h1-7,10H,8-9,11-16H2,(H,23,26). The average molecular weight is 356 g/mol. The molecule has 0 radical (unpaired) electrons. The van der Waals surface area contributed by atoms with Gasteiger partial charge in [-0.3, -0.25) is 9.69 Å². The number of carbonyl (C=O) groups is 1. The minimum atomic E-state index is -0.215. The Labute approximate surface area is 153 Å². The number of benzene rings is 1. The Morgan fingerprint density at radius 3 is 2.58 bits per heavy atom. The Morgan fingerprint density at radius 1 is 1.08 bits per heavy atom. The van der Waals surface area contributed by atoms with Crippen LogP contribution in [0.2, 0.25) is 0 Å². The van der Waals surface area contributed by atoms with Crippen molar-refractivity contribution in [2.75, 3.05) is 44.2 Å². The summed E-state index contributed by atoms with van der Waals surface area (Å²) in [5, 5.41) is 2.88. The van der Waals surface area contributed by atoms with Crippen molar-refractivity contribution in [2.24, 2.45) is 0 Å². The van der Waals surface area contributed by atoms with E-state index in [0.29, 0.717) is 24.9 Å². The van der Waals surface area contributed by atoms with Gasteiger partial charge in [0.15, 0.2) is 0 Å². The average Bonchev–Trinajstić information content (AvgIpc) is 2.69. The number of halogens is 1. The highest BCUT2D eigenvalue weighted by molar-refractivity contribution is 5.76. The third-order valence-corrected chi connectivity index (χ3v) is 4.68. The second-order valence-electron chi connectivity index (χ2n) is 6.46. The van der Waals surface area contributed by atoms with E-state index in [1.807, 2.05) is 30.5 Å². The zero-order valence-electron chi connectivity index (χ0n) is 14.9. The fourth-order valence-corrected chi connectivity index (χ4v) is 3.13. The molecule has 2 heterocycles. The Hall–Kier alpha value is -2.47. The van der Waals surface area contributed by atoms with Gasteiger partial charge in [0.2, 0.25) is 5.91 Å². The minimum Gasteiger partial charge on any atom is -0.356 e. The van der Waals surface area contributed by atoms with Crippen LogP contribution in [-0.4, -0.2) is 55.1 Å². The number of piperazine rings is 1. The van der Waals surface area contributed by atoms with Gasteiger partial charge in [-0.15, -0.1) is 0 Å². The molecule has 0 aliphatic carbocycles. The normalized spacial score (nSPS) is 15.0. The van der Waals surface area contributed by atoms with Crippen molar-refractivity contribution in [1.29, 1.82) is 0 Å². The van der Waals surface area contributed by atoms with Gasteiger partial charge in [0, 0.05) is 51.9 Å². The summed E-state index contributed by atoms with van der Waals surface area (Å²) < 4.78 is 13.5. The summed E-state index contributed by atoms with van der Waals surface area (Å²) >= 11 is 0. The molecule has 5 nitrogen and oxygen atoms in total. The first-order valence-electron chi connectivity index (χ1n) is 9.11. The lowest BCUT2D eigenvalue weighted by atomic mass is 10.1. The molecule has 138 valence electrons. The van der Waals surface area contributed by atoms with Crippen LogP contribution in [0.25, 0.3) is 0 Å². The topological polar surface area (TPSA) is 48.5 Å². The molecular formula is C20H25FN4O. The second-order valence-corrected chi connectivity index (χ2v) is 6.46. The van der Waals surface area contributed by atoms with E-state index in [-0.39, 0.29) is 11.7 Å². The van der Waals surface area contributed by atoms with Crippen molar-refractivity contribution in [3.05, 3.63) is 60.0 Å². The first kappa shape index (κ1) is 18.3. The lowest BCUT2D eigenvalue weighted by molar-refractivity contribution is -0.121. The van der Waals surface area contributed by atoms with Crippen molar-refractivity contribution in [2.45, 2.75) is 12.8 Å². The van der Waals surface area contributed by atoms with Gasteiger partial charge in [-0.2, -0.15) is 0 Å². The zero-order valence-corrected chi connectivity index (χ0v) is 14.9. The molecule has 1 aromatic heterocycles. The van der Waals surface area contributed by atoms with Crippen LogP contribution in [0, 0.1) is 5.82 Å². The second kappa shape index (κ2) is 9.29. The van der Waals surface area contributed by atoms with Crippen LogP contribution in [0.3, 0.4) is 0 Å². The molecular weight excluding hydrogens is 331 g/mol. The smallest absolute Gasteiger partial charge is 0.221 e. The number of carbonyl (C=O) groups excluding carboxylic acids is 1. The van der Waals surface area contributed by atoms with Crippen molar-refractivity contribution < 1.29 is 9.18 Å². The molecule has 0 bridgehead atoms. The molecule has 1 aromatic carbocycles. The van der Waals surface area contributed by atoms with Crippen molar-refractivity contribution >= 4 is 11.7 Å². The van der Waals surface area contributed by atoms with Crippen molar-refractivity contribution in [1.82, 2.24) is 15.2 Å². The Bertz CT molecular complexity index is 702. The number of rotatable bonds is 7. The van der Waals surface area contributed by atoms with Crippen LogP contribution in [-0.2, 0) is 11.2 Å². The number of nitrogens with zero attached hydrogens (tertiary/aromatic N) is 3. The Balaban J connectivity index is 1.32. The van der Waals surface area contributed by atoms with Gasteiger partial charge in [0.1, 0.15) is 11.6 Å². The summed E-state index contributed by atoms with van der Waals surface area (Å²) in [4.78, 5) is 20.9. The van der Waals surface area contributed by atoms with Gasteiger partial charge in [-0.1, -0.05) is 24.3 Å². The largest absolute Gasteiger partial charge is 0.356 e. The Morgan fingerprint density at radius 2 is 1.85 bits per heavy atom. The number of pyridine rings is 1. The van der Waals surface area contributed by atoms with Gasteiger partial charge in [-0.05, 0) is 30.2 Å². The van der Waals surface area contributed by atoms with Crippen LogP contribution in [0.4, 0.5) is 10.2 Å². The lowest BCUT2D eigenvalue weighted by Crippen LogP contribution is -2.47. The number of nitrogens with one attached hydrogen (secondary N) is 1. The first-order chi connectivity index (χ1) is 12.7. The number of amides is 1. The van der Waals surface area contributed by atoms with Crippen molar-refractivity contribution in [3.8, 4) is 0 Å². The van der Waals surface area contributed by atoms with E-state index in [1.54, 1.807) is 12.1 Å². The molecule has 1 aliphatic rings. The molecule has 1 fully saturated rings. The highest BCUT2D eigenvalue weighted by atomic mass is 19.1. The molecule has 26 heavy (non-hydrogen) atoms. The quantitative estimate of drug-likeness (QED) is 0.825. The number of hydrogen-bond donors (Lipinski definition) is 1. The van der Waals surface area contributed by atoms with E-state index in [2.05, 4.69) is 20.1 Å². The molecule has 0 saturated carbocycles. The molecule has 1 saturated heterocycles. The highest BCUT2D eigenvalue weighted by Gasteiger charge is 2.18. The van der Waals surface area contributed by atoms with Crippen LogP contribution in [0.5, 0.6) is 0 Å². The lowest BCUT2D eigenvalue weighted by Gasteiger charge is -2.35. The van der Waals surface area contributed by atoms with Gasteiger partial charge in [-0.25, -0.2) is 9.37 Å². The van der Waals surface area contributed by atoms with Gasteiger partial charge >= 0.3 is 0 Å². The predicted molar refractivity (Wildman–Crippen MR) is 101 cm³/mol. The predicted octanol–water partition coefficient (Wildman–Crippen LogP) is 2.09. The minimum absolute atomic E-state index is 0.0218. The van der Waals surface area contributed by atoms with Gasteiger partial charge in [0.05, 0.1) is 0 Å². The molecule has 0 unspecified atom stereocenters. The summed E-state index contributed by atoms with van der Waals surface area (Å²) in [6, 6.07) is 12.6. The molecule has 1 N–H and O–H groups in total. The summed E-state index contributed by atoms with van der Waals surface area (Å²) in [5.41, 5.74) is 0.637. The SMILES string of the molecule is O=C(CCN1CCN(c2ccccn2)CC1)NCCc1ccccc1F. The molecule has 0 atom stereocenters.